The molecule has 0 bridgehead atoms. The molecule has 6 nitrogen and oxygen atoms in total. The van der Waals surface area contributed by atoms with Gasteiger partial charge in [0.25, 0.3) is 29.4 Å². The lowest BCUT2D eigenvalue weighted by atomic mass is 10.1. The molecule has 12 heteroatoms. The van der Waals surface area contributed by atoms with Crippen LogP contribution < -0.4 is 0 Å². The maximum absolute atomic E-state index is 16.1. The highest BCUT2D eigenvalue weighted by atomic mass is 32.2. The Balaban J connectivity index is 4.11. The summed E-state index contributed by atoms with van der Waals surface area (Å²) in [7, 11) is 0. The highest BCUT2D eigenvalue weighted by molar-refractivity contribution is 7.99. The predicted octanol–water partition coefficient (Wildman–Crippen LogP) is 30.5. The molecule has 0 saturated heterocycles. The fraction of sp³-hybridized carbons (Fsp3) is 0.933. The van der Waals surface area contributed by atoms with Gasteiger partial charge >= 0.3 is 0 Å². The molecule has 6 unspecified atom stereocenters. The average molecular weight is 1540 g/mol. The SMILES string of the molecule is CCCCCCCCCCCCCC[S+]([O-])c1c([S+]([O-])CCCCCCCCCCCCCC)c([S+]([O-])CCCCCCCCCCCCCC)c([S+]([O-])CCCCCCCCCCCCCC)c([S+]([O-])CCCCCCCCCCCCCC)c1[S+]([O-])CCCCCCCCCCCCCC. The van der Waals surface area contributed by atoms with Gasteiger partial charge in [0.1, 0.15) is 34.5 Å². The van der Waals surface area contributed by atoms with Crippen molar-refractivity contribution in [2.75, 3.05) is 34.5 Å². The first kappa shape index (κ1) is 101. The van der Waals surface area contributed by atoms with Gasteiger partial charge in [-0.05, 0) is 144 Å². The van der Waals surface area contributed by atoms with Gasteiger partial charge in [0.15, 0.2) is 0 Å². The lowest BCUT2D eigenvalue weighted by Crippen LogP contribution is -2.30. The van der Waals surface area contributed by atoms with E-state index in [0.29, 0.717) is 102 Å². The first-order valence-corrected chi connectivity index (χ1v) is 53.6. The fourth-order valence-corrected chi connectivity index (χ4v) is 26.4. The van der Waals surface area contributed by atoms with Crippen LogP contribution in [0.2, 0.25) is 0 Å². The first-order valence-electron chi connectivity index (χ1n) is 45.7. The van der Waals surface area contributed by atoms with Crippen LogP contribution in [0, 0.1) is 0 Å². The highest BCUT2D eigenvalue weighted by Crippen LogP contribution is 2.47. The minimum absolute atomic E-state index is 0.315. The second-order valence-electron chi connectivity index (χ2n) is 31.6. The van der Waals surface area contributed by atoms with Crippen molar-refractivity contribution in [1.29, 1.82) is 0 Å². The molecular weight excluding hydrogens is 1370 g/mol. The Bertz CT molecular complexity index is 1510. The molecule has 0 N–H and O–H groups in total. The van der Waals surface area contributed by atoms with E-state index in [1.54, 1.807) is 0 Å². The van der Waals surface area contributed by atoms with E-state index in [-0.39, 0.29) is 0 Å². The third-order valence-electron chi connectivity index (χ3n) is 21.7. The Hall–Kier alpha value is 1.08. The molecule has 0 amide bonds. The molecule has 6 atom stereocenters. The summed E-state index contributed by atoms with van der Waals surface area (Å²) in [6, 6.07) is 0. The molecule has 606 valence electrons. The maximum Gasteiger partial charge on any atom is 0.273 e. The molecule has 0 aliphatic rings. The molecule has 0 radical (unpaired) electrons. The van der Waals surface area contributed by atoms with Crippen molar-refractivity contribution in [3.05, 3.63) is 0 Å². The van der Waals surface area contributed by atoms with Crippen LogP contribution in [-0.4, -0.2) is 61.8 Å². The molecule has 0 heterocycles. The smallest absolute Gasteiger partial charge is 0.273 e. The van der Waals surface area contributed by atoms with Crippen LogP contribution >= 0.6 is 0 Å². The molecule has 1 rings (SSSR count). The zero-order valence-electron chi connectivity index (χ0n) is 69.1. The van der Waals surface area contributed by atoms with E-state index in [9.17, 15) is 0 Å². The molecule has 0 aliphatic heterocycles. The lowest BCUT2D eigenvalue weighted by molar-refractivity contribution is 0.528. The zero-order valence-corrected chi connectivity index (χ0v) is 74.0. The summed E-state index contributed by atoms with van der Waals surface area (Å²) < 4.78 is 96.4. The fourth-order valence-electron chi connectivity index (χ4n) is 14.9. The average Bonchev–Trinajstić information content (AvgIpc) is 0.732. The predicted molar refractivity (Wildman–Crippen MR) is 461 cm³/mol. The summed E-state index contributed by atoms with van der Waals surface area (Å²) in [6.07, 6.45) is 85.1. The monoisotopic (exact) mass is 1540 g/mol. The number of rotatable bonds is 84. The van der Waals surface area contributed by atoms with Gasteiger partial charge in [-0.25, -0.2) is 0 Å². The Morgan fingerprint density at radius 2 is 0.186 bits per heavy atom. The summed E-state index contributed by atoms with van der Waals surface area (Å²) in [5.74, 6) is 1.92. The molecule has 0 aliphatic carbocycles. The quantitative estimate of drug-likeness (QED) is 0.0470. The number of hydrogen-bond acceptors (Lipinski definition) is 6. The van der Waals surface area contributed by atoms with Crippen molar-refractivity contribution in [3.8, 4) is 0 Å². The van der Waals surface area contributed by atoms with Gasteiger partial charge in [-0.3, -0.25) is 0 Å². The van der Waals surface area contributed by atoms with Crippen molar-refractivity contribution in [1.82, 2.24) is 0 Å². The van der Waals surface area contributed by atoms with Crippen LogP contribution in [0.5, 0.6) is 0 Å². The van der Waals surface area contributed by atoms with E-state index in [0.717, 1.165) is 116 Å². The van der Waals surface area contributed by atoms with E-state index >= 15 is 27.3 Å². The molecule has 1 aromatic rings. The van der Waals surface area contributed by atoms with Gasteiger partial charge in [0.05, 0.1) is 0 Å². The Morgan fingerprint density at radius 1 is 0.118 bits per heavy atom. The van der Waals surface area contributed by atoms with Crippen LogP contribution in [0.4, 0.5) is 0 Å². The van der Waals surface area contributed by atoms with Crippen molar-refractivity contribution in [3.63, 3.8) is 0 Å². The van der Waals surface area contributed by atoms with Crippen LogP contribution in [0.1, 0.15) is 504 Å². The van der Waals surface area contributed by atoms with Crippen LogP contribution in [0.15, 0.2) is 29.4 Å². The summed E-state index contributed by atoms with van der Waals surface area (Å²) >= 11 is -10.6. The van der Waals surface area contributed by atoms with Gasteiger partial charge in [-0.1, -0.05) is 427 Å². The van der Waals surface area contributed by atoms with Gasteiger partial charge in [0, 0.05) is 0 Å². The Morgan fingerprint density at radius 3 is 0.265 bits per heavy atom. The van der Waals surface area contributed by atoms with Crippen molar-refractivity contribution >= 4 is 67.1 Å². The molecule has 1 aromatic carbocycles. The number of hydrogen-bond donors (Lipinski definition) is 0. The second kappa shape index (κ2) is 78.8. The molecule has 0 aromatic heterocycles. The van der Waals surface area contributed by atoms with E-state index < -0.39 is 67.1 Å². The van der Waals surface area contributed by atoms with E-state index in [4.69, 9.17) is 0 Å². The normalized spacial score (nSPS) is 13.8. The van der Waals surface area contributed by atoms with Gasteiger partial charge in [-0.2, -0.15) is 0 Å². The third-order valence-corrected chi connectivity index (χ3v) is 31.6. The van der Waals surface area contributed by atoms with Crippen molar-refractivity contribution < 1.29 is 27.3 Å². The Kier molecular flexibility index (Phi) is 78.1. The third kappa shape index (κ3) is 57.2. The van der Waals surface area contributed by atoms with E-state index in [1.165, 1.54) is 308 Å². The van der Waals surface area contributed by atoms with Gasteiger partial charge in [0.2, 0.25) is 0 Å². The van der Waals surface area contributed by atoms with E-state index in [1.807, 2.05) is 0 Å². The van der Waals surface area contributed by atoms with Gasteiger partial charge in [-0.15, -0.1) is 0 Å². The van der Waals surface area contributed by atoms with Crippen LogP contribution in [0.25, 0.3) is 0 Å². The van der Waals surface area contributed by atoms with Crippen molar-refractivity contribution in [2.24, 2.45) is 0 Å². The lowest BCUT2D eigenvalue weighted by Gasteiger charge is -2.27. The number of benzene rings is 1. The topological polar surface area (TPSA) is 138 Å². The van der Waals surface area contributed by atoms with Crippen molar-refractivity contribution in [2.45, 2.75) is 533 Å². The molecule has 0 fully saturated rings. The van der Waals surface area contributed by atoms with Crippen LogP contribution in [-0.2, 0) is 67.1 Å². The molecule has 0 spiro atoms. The minimum Gasteiger partial charge on any atom is -0.611 e. The summed E-state index contributed by atoms with van der Waals surface area (Å²) in [6.45, 7) is 13.7. The van der Waals surface area contributed by atoms with Crippen LogP contribution in [0.3, 0.4) is 0 Å². The molecular formula is C90H174O6S6. The summed E-state index contributed by atoms with van der Waals surface area (Å²) in [5, 5.41) is 0. The van der Waals surface area contributed by atoms with Gasteiger partial charge < -0.3 is 27.3 Å². The highest BCUT2D eigenvalue weighted by Gasteiger charge is 2.53. The largest absolute Gasteiger partial charge is 0.611 e. The molecule has 0 saturated carbocycles. The molecule has 102 heavy (non-hydrogen) atoms. The Labute approximate surface area is 657 Å². The first-order chi connectivity index (χ1) is 50.2. The second-order valence-corrected chi connectivity index (χ2v) is 40.7. The minimum atomic E-state index is -1.77. The summed E-state index contributed by atoms with van der Waals surface area (Å²) in [4.78, 5) is 1.89. The van der Waals surface area contributed by atoms with E-state index in [2.05, 4.69) is 41.5 Å². The number of unbranched alkanes of at least 4 members (excludes halogenated alkanes) is 66. The zero-order chi connectivity index (χ0) is 74.1. The standard InChI is InChI=1S/C90H174O6S6/c1-7-13-19-25-31-37-43-49-55-61-67-73-79-97(91)85-86(98(92)80-74-68-62-56-50-44-38-32-26-20-14-8-2)88(100(94)82-76-70-64-58-52-46-40-34-28-22-16-10-4)90(102(96)84-78-72-66-60-54-48-42-36-30-24-18-12-6)89(101(95)83-77-71-65-59-53-47-41-35-29-23-17-11-5)87(85)99(93)81-75-69-63-57-51-45-39-33-27-21-15-9-3/h7-84H2,1-6H3. The summed E-state index contributed by atoms with van der Waals surface area (Å²) in [5.41, 5.74) is 0. The maximum atomic E-state index is 16.1.